The van der Waals surface area contributed by atoms with E-state index in [1.807, 2.05) is 42.5 Å². The van der Waals surface area contributed by atoms with Crippen molar-refractivity contribution in [2.75, 3.05) is 7.11 Å². The second kappa shape index (κ2) is 9.71. The van der Waals surface area contributed by atoms with E-state index in [4.69, 9.17) is 9.94 Å². The van der Waals surface area contributed by atoms with Crippen molar-refractivity contribution in [2.24, 2.45) is 5.92 Å². The fourth-order valence-electron chi connectivity index (χ4n) is 2.64. The third-order valence-corrected chi connectivity index (χ3v) is 4.04. The predicted molar refractivity (Wildman–Crippen MR) is 94.3 cm³/mol. The average molecular weight is 343 g/mol. The van der Waals surface area contributed by atoms with Gasteiger partial charge in [0.15, 0.2) is 0 Å². The van der Waals surface area contributed by atoms with Gasteiger partial charge in [0.05, 0.1) is 6.10 Å². The average Bonchev–Trinajstić information content (AvgIpc) is 2.65. The van der Waals surface area contributed by atoms with Gasteiger partial charge in [-0.05, 0) is 36.1 Å². The number of halogens is 1. The molecular weight excluding hydrogens is 321 g/mol. The first kappa shape index (κ1) is 18.8. The van der Waals surface area contributed by atoms with Crippen molar-refractivity contribution in [3.05, 3.63) is 77.6 Å². The molecule has 0 spiro atoms. The van der Waals surface area contributed by atoms with E-state index >= 15 is 0 Å². The van der Waals surface area contributed by atoms with Crippen molar-refractivity contribution in [2.45, 2.75) is 18.9 Å². The number of allylic oxidation sites excluding steroid dienone is 1. The summed E-state index contributed by atoms with van der Waals surface area (Å²) in [7, 11) is 1.54. The predicted octanol–water partition coefficient (Wildman–Crippen LogP) is 4.13. The molecule has 2 rings (SSSR count). The summed E-state index contributed by atoms with van der Waals surface area (Å²) < 4.78 is 18.5. The van der Waals surface area contributed by atoms with Crippen molar-refractivity contribution >= 4 is 12.0 Å². The SMILES string of the molecule is CO[C@H](C[C@H](CC=Cc1ccccc1)C(=O)NO)c1ccc(F)cc1. The molecule has 0 aliphatic rings. The lowest BCUT2D eigenvalue weighted by Gasteiger charge is -2.21. The van der Waals surface area contributed by atoms with E-state index in [0.29, 0.717) is 12.8 Å². The Hall–Kier alpha value is -2.50. The van der Waals surface area contributed by atoms with Gasteiger partial charge in [0.1, 0.15) is 5.82 Å². The largest absolute Gasteiger partial charge is 0.377 e. The van der Waals surface area contributed by atoms with Crippen molar-refractivity contribution in [3.8, 4) is 0 Å². The molecule has 0 saturated carbocycles. The van der Waals surface area contributed by atoms with Gasteiger partial charge in [-0.25, -0.2) is 9.87 Å². The first-order chi connectivity index (χ1) is 12.1. The summed E-state index contributed by atoms with van der Waals surface area (Å²) >= 11 is 0. The quantitative estimate of drug-likeness (QED) is 0.560. The van der Waals surface area contributed by atoms with Crippen LogP contribution in [0.5, 0.6) is 0 Å². The number of hydroxylamine groups is 1. The Morgan fingerprint density at radius 2 is 1.88 bits per heavy atom. The number of nitrogens with one attached hydrogen (secondary N) is 1. The van der Waals surface area contributed by atoms with Crippen LogP contribution in [-0.4, -0.2) is 18.2 Å². The Bertz CT molecular complexity index is 686. The van der Waals surface area contributed by atoms with Gasteiger partial charge < -0.3 is 4.74 Å². The molecule has 2 aromatic carbocycles. The molecule has 0 radical (unpaired) electrons. The highest BCUT2D eigenvalue weighted by Gasteiger charge is 2.23. The second-order valence-electron chi connectivity index (χ2n) is 5.73. The number of carbonyl (C=O) groups is 1. The van der Waals surface area contributed by atoms with Crippen LogP contribution in [0, 0.1) is 11.7 Å². The molecule has 2 N–H and O–H groups in total. The number of hydrogen-bond donors (Lipinski definition) is 2. The van der Waals surface area contributed by atoms with Crippen molar-refractivity contribution in [3.63, 3.8) is 0 Å². The lowest BCUT2D eigenvalue weighted by atomic mass is 9.93. The van der Waals surface area contributed by atoms with E-state index in [0.717, 1.165) is 11.1 Å². The van der Waals surface area contributed by atoms with Crippen LogP contribution in [0.2, 0.25) is 0 Å². The molecule has 25 heavy (non-hydrogen) atoms. The van der Waals surface area contributed by atoms with E-state index in [9.17, 15) is 9.18 Å². The molecule has 132 valence electrons. The van der Waals surface area contributed by atoms with Gasteiger partial charge in [0.25, 0.3) is 0 Å². The standard InChI is InChI=1S/C20H22FNO3/c1-25-19(16-10-12-18(21)13-11-16)14-17(20(23)22-24)9-5-8-15-6-3-2-4-7-15/h2-8,10-13,17,19,24H,9,14H2,1H3,(H,22,23)/t17-,19+/m0/s1. The molecule has 0 aliphatic carbocycles. The van der Waals surface area contributed by atoms with Crippen molar-refractivity contribution in [1.82, 2.24) is 5.48 Å². The maximum Gasteiger partial charge on any atom is 0.246 e. The molecule has 4 nitrogen and oxygen atoms in total. The lowest BCUT2D eigenvalue weighted by molar-refractivity contribution is -0.134. The number of ether oxygens (including phenoxy) is 1. The molecule has 0 fully saturated rings. The third-order valence-electron chi connectivity index (χ3n) is 4.04. The molecule has 5 heteroatoms. The molecule has 2 aromatic rings. The van der Waals surface area contributed by atoms with Gasteiger partial charge in [-0.3, -0.25) is 10.0 Å². The second-order valence-corrected chi connectivity index (χ2v) is 5.73. The molecule has 0 aromatic heterocycles. The van der Waals surface area contributed by atoms with Crippen LogP contribution in [0.15, 0.2) is 60.7 Å². The van der Waals surface area contributed by atoms with Crippen molar-refractivity contribution < 1.29 is 19.1 Å². The zero-order chi connectivity index (χ0) is 18.1. The van der Waals surface area contributed by atoms with Crippen LogP contribution in [0.3, 0.4) is 0 Å². The van der Waals surface area contributed by atoms with Crippen molar-refractivity contribution in [1.29, 1.82) is 0 Å². The summed E-state index contributed by atoms with van der Waals surface area (Å²) in [4.78, 5) is 12.0. The Balaban J connectivity index is 2.06. The van der Waals surface area contributed by atoms with Gasteiger partial charge >= 0.3 is 0 Å². The summed E-state index contributed by atoms with van der Waals surface area (Å²) in [6.07, 6.45) is 4.27. The fraction of sp³-hybridized carbons (Fsp3) is 0.250. The van der Waals surface area contributed by atoms with Crippen LogP contribution in [0.25, 0.3) is 6.08 Å². The Labute approximate surface area is 146 Å². The van der Waals surface area contributed by atoms with Crippen LogP contribution >= 0.6 is 0 Å². The van der Waals surface area contributed by atoms with Gasteiger partial charge in [-0.1, -0.05) is 54.6 Å². The number of rotatable bonds is 8. The minimum Gasteiger partial charge on any atom is -0.377 e. The molecule has 0 unspecified atom stereocenters. The fourth-order valence-corrected chi connectivity index (χ4v) is 2.64. The number of methoxy groups -OCH3 is 1. The molecule has 0 aliphatic heterocycles. The first-order valence-corrected chi connectivity index (χ1v) is 8.08. The highest BCUT2D eigenvalue weighted by atomic mass is 19.1. The Kier molecular flexibility index (Phi) is 7.32. The van der Waals surface area contributed by atoms with Gasteiger partial charge in [-0.15, -0.1) is 0 Å². The maximum absolute atomic E-state index is 13.1. The van der Waals surface area contributed by atoms with Crippen LogP contribution in [0.1, 0.15) is 30.1 Å². The smallest absolute Gasteiger partial charge is 0.246 e. The van der Waals surface area contributed by atoms with Gasteiger partial charge in [0, 0.05) is 13.0 Å². The minimum absolute atomic E-state index is 0.325. The minimum atomic E-state index is -0.472. The molecule has 0 saturated heterocycles. The van der Waals surface area contributed by atoms with Crippen LogP contribution in [-0.2, 0) is 9.53 Å². The zero-order valence-corrected chi connectivity index (χ0v) is 14.1. The molecule has 2 atom stereocenters. The highest BCUT2D eigenvalue weighted by Crippen LogP contribution is 2.27. The highest BCUT2D eigenvalue weighted by molar-refractivity contribution is 5.77. The number of carbonyl (C=O) groups excluding carboxylic acids is 1. The number of hydrogen-bond acceptors (Lipinski definition) is 3. The van der Waals surface area contributed by atoms with E-state index in [-0.39, 0.29) is 11.9 Å². The van der Waals surface area contributed by atoms with Crippen LogP contribution in [0.4, 0.5) is 4.39 Å². The summed E-state index contributed by atoms with van der Waals surface area (Å²) in [6, 6.07) is 15.7. The summed E-state index contributed by atoms with van der Waals surface area (Å²) in [5, 5.41) is 9.00. The molecule has 1 amide bonds. The first-order valence-electron chi connectivity index (χ1n) is 8.08. The van der Waals surface area contributed by atoms with E-state index in [2.05, 4.69) is 0 Å². The monoisotopic (exact) mass is 343 g/mol. The normalized spacial score (nSPS) is 13.6. The maximum atomic E-state index is 13.1. The van der Waals surface area contributed by atoms with Crippen LogP contribution < -0.4 is 5.48 Å². The number of amides is 1. The lowest BCUT2D eigenvalue weighted by Crippen LogP contribution is -2.29. The summed E-state index contributed by atoms with van der Waals surface area (Å²) in [6.45, 7) is 0. The zero-order valence-electron chi connectivity index (χ0n) is 14.1. The summed E-state index contributed by atoms with van der Waals surface area (Å²) in [5.74, 6) is -1.27. The Morgan fingerprint density at radius 3 is 2.48 bits per heavy atom. The number of benzene rings is 2. The topological polar surface area (TPSA) is 58.6 Å². The van der Waals surface area contributed by atoms with Gasteiger partial charge in [0.2, 0.25) is 5.91 Å². The molecule has 0 bridgehead atoms. The Morgan fingerprint density at radius 1 is 1.20 bits per heavy atom. The molecular formula is C20H22FNO3. The van der Waals surface area contributed by atoms with E-state index in [1.165, 1.54) is 12.1 Å². The van der Waals surface area contributed by atoms with E-state index in [1.54, 1.807) is 24.7 Å². The molecule has 0 heterocycles. The van der Waals surface area contributed by atoms with Gasteiger partial charge in [-0.2, -0.15) is 0 Å². The third kappa shape index (κ3) is 5.81. The summed E-state index contributed by atoms with van der Waals surface area (Å²) in [5.41, 5.74) is 3.53. The van der Waals surface area contributed by atoms with E-state index < -0.39 is 11.8 Å².